The number of benzene rings is 1. The van der Waals surface area contributed by atoms with Gasteiger partial charge in [-0.1, -0.05) is 0 Å². The van der Waals surface area contributed by atoms with E-state index in [1.165, 1.54) is 33.4 Å². The molecular weight excluding hydrogens is 456 g/mol. The Balaban J connectivity index is 3.74. The molecule has 0 unspecified atom stereocenters. The molecule has 18 N–H and O–H groups in total. The second-order valence-corrected chi connectivity index (χ2v) is 8.66. The minimum atomic E-state index is 0.582. The molecule has 210 valence electrons. The minimum absolute atomic E-state index is 0.582. The summed E-state index contributed by atoms with van der Waals surface area (Å²) >= 11 is 0. The van der Waals surface area contributed by atoms with Crippen molar-refractivity contribution >= 4 is 0 Å². The second-order valence-electron chi connectivity index (χ2n) is 8.66. The van der Waals surface area contributed by atoms with Crippen LogP contribution in [0.5, 0.6) is 0 Å². The maximum absolute atomic E-state index is 5.80. The third-order valence-corrected chi connectivity index (χ3v) is 5.92. The van der Waals surface area contributed by atoms with E-state index in [1.807, 2.05) is 0 Å². The molecule has 0 aliphatic heterocycles. The van der Waals surface area contributed by atoms with Gasteiger partial charge in [0.1, 0.15) is 0 Å². The van der Waals surface area contributed by atoms with Crippen LogP contribution in [0.15, 0.2) is 0 Å². The van der Waals surface area contributed by atoms with Crippen molar-refractivity contribution in [3.8, 4) is 0 Å². The van der Waals surface area contributed by atoms with Gasteiger partial charge in [0.05, 0.1) is 0 Å². The standard InChI is InChI=1S/C24H54N12/c25-1-7-31-13-19-20(14-32-8-2-26)22(16-34-10-4-28)24(18-36-12-6-30)23(17-35-11-5-29)21(19)15-33-9-3-27/h31-36H,1-18,25-30H2. The first kappa shape index (κ1) is 32.8. The van der Waals surface area contributed by atoms with E-state index in [-0.39, 0.29) is 0 Å². The Labute approximate surface area is 217 Å². The molecule has 0 radical (unpaired) electrons. The summed E-state index contributed by atoms with van der Waals surface area (Å²) in [7, 11) is 0. The highest BCUT2D eigenvalue weighted by molar-refractivity contribution is 5.52. The second kappa shape index (κ2) is 21.8. The lowest BCUT2D eigenvalue weighted by Crippen LogP contribution is -2.34. The molecule has 0 saturated heterocycles. The van der Waals surface area contributed by atoms with Gasteiger partial charge < -0.3 is 66.3 Å². The van der Waals surface area contributed by atoms with Gasteiger partial charge in [-0.2, -0.15) is 0 Å². The Morgan fingerprint density at radius 3 is 0.528 bits per heavy atom. The summed E-state index contributed by atoms with van der Waals surface area (Å²) in [5.41, 5.74) is 42.5. The first-order valence-electron chi connectivity index (χ1n) is 13.3. The van der Waals surface area contributed by atoms with Gasteiger partial charge in [0.2, 0.25) is 0 Å². The molecule has 1 rings (SSSR count). The maximum atomic E-state index is 5.80. The lowest BCUT2D eigenvalue weighted by atomic mass is 9.85. The highest BCUT2D eigenvalue weighted by Gasteiger charge is 2.23. The average molecular weight is 511 g/mol. The van der Waals surface area contributed by atoms with Crippen molar-refractivity contribution in [1.29, 1.82) is 0 Å². The van der Waals surface area contributed by atoms with Crippen LogP contribution in [-0.2, 0) is 39.3 Å². The average Bonchev–Trinajstić information content (AvgIpc) is 2.88. The van der Waals surface area contributed by atoms with Crippen molar-refractivity contribution in [2.24, 2.45) is 34.4 Å². The van der Waals surface area contributed by atoms with Crippen molar-refractivity contribution in [2.75, 3.05) is 78.5 Å². The lowest BCUT2D eigenvalue weighted by molar-refractivity contribution is 0.603. The molecule has 0 fully saturated rings. The van der Waals surface area contributed by atoms with E-state index in [1.54, 1.807) is 0 Å². The fraction of sp³-hybridized carbons (Fsp3) is 0.750. The Morgan fingerprint density at radius 1 is 0.278 bits per heavy atom. The fourth-order valence-electron chi connectivity index (χ4n) is 4.27. The quantitative estimate of drug-likeness (QED) is 0.0597. The van der Waals surface area contributed by atoms with Crippen LogP contribution in [0, 0.1) is 0 Å². The van der Waals surface area contributed by atoms with Crippen molar-refractivity contribution < 1.29 is 0 Å². The summed E-state index contributed by atoms with van der Waals surface area (Å²) < 4.78 is 0. The predicted octanol–water partition coefficient (Wildman–Crippen LogP) is -4.02. The number of hydrogen-bond acceptors (Lipinski definition) is 12. The summed E-state index contributed by atoms with van der Waals surface area (Å²) in [6.07, 6.45) is 0. The van der Waals surface area contributed by atoms with Crippen LogP contribution in [0.2, 0.25) is 0 Å². The topological polar surface area (TPSA) is 228 Å². The van der Waals surface area contributed by atoms with E-state index < -0.39 is 0 Å². The molecule has 0 saturated carbocycles. The van der Waals surface area contributed by atoms with E-state index >= 15 is 0 Å². The van der Waals surface area contributed by atoms with Gasteiger partial charge in [-0.15, -0.1) is 0 Å². The highest BCUT2D eigenvalue weighted by Crippen LogP contribution is 2.30. The van der Waals surface area contributed by atoms with E-state index in [2.05, 4.69) is 31.9 Å². The molecule has 0 heterocycles. The molecule has 0 aliphatic rings. The SMILES string of the molecule is NCCNCc1c(CNCCN)c(CNCCN)c(CNCCN)c(CNCCN)c1CNCCN. The number of hydrogen-bond donors (Lipinski definition) is 12. The van der Waals surface area contributed by atoms with Crippen molar-refractivity contribution in [1.82, 2.24) is 31.9 Å². The summed E-state index contributed by atoms with van der Waals surface area (Å²) in [5.74, 6) is 0. The summed E-state index contributed by atoms with van der Waals surface area (Å²) in [6.45, 7) is 12.3. The first-order chi connectivity index (χ1) is 17.7. The molecule has 0 amide bonds. The smallest absolute Gasteiger partial charge is 0.0212 e. The Hall–Kier alpha value is -1.26. The van der Waals surface area contributed by atoms with Crippen molar-refractivity contribution in [2.45, 2.75) is 39.3 Å². The monoisotopic (exact) mass is 510 g/mol. The molecular formula is C24H54N12. The van der Waals surface area contributed by atoms with Gasteiger partial charge in [0, 0.05) is 118 Å². The van der Waals surface area contributed by atoms with E-state index in [0.29, 0.717) is 39.3 Å². The molecule has 0 aromatic heterocycles. The van der Waals surface area contributed by atoms with Crippen molar-refractivity contribution in [3.05, 3.63) is 33.4 Å². The van der Waals surface area contributed by atoms with E-state index in [0.717, 1.165) is 78.5 Å². The molecule has 0 spiro atoms. The van der Waals surface area contributed by atoms with Crippen LogP contribution < -0.4 is 66.3 Å². The molecule has 12 heteroatoms. The molecule has 12 nitrogen and oxygen atoms in total. The van der Waals surface area contributed by atoms with Gasteiger partial charge in [0.15, 0.2) is 0 Å². The normalized spacial score (nSPS) is 11.5. The Kier molecular flexibility index (Phi) is 19.8. The van der Waals surface area contributed by atoms with E-state index in [9.17, 15) is 0 Å². The van der Waals surface area contributed by atoms with Crippen LogP contribution >= 0.6 is 0 Å². The molecule has 0 bridgehead atoms. The van der Waals surface area contributed by atoms with E-state index in [4.69, 9.17) is 34.4 Å². The van der Waals surface area contributed by atoms with Crippen LogP contribution in [0.25, 0.3) is 0 Å². The Bertz CT molecular complexity index is 519. The molecule has 1 aromatic carbocycles. The van der Waals surface area contributed by atoms with Gasteiger partial charge in [-0.05, 0) is 33.4 Å². The first-order valence-corrected chi connectivity index (χ1v) is 13.3. The van der Waals surface area contributed by atoms with Crippen LogP contribution in [0.1, 0.15) is 33.4 Å². The minimum Gasteiger partial charge on any atom is -0.329 e. The highest BCUT2D eigenvalue weighted by atomic mass is 14.9. The van der Waals surface area contributed by atoms with Crippen molar-refractivity contribution in [3.63, 3.8) is 0 Å². The summed E-state index contributed by atoms with van der Waals surface area (Å²) in [6, 6.07) is 0. The molecule has 1 aromatic rings. The van der Waals surface area contributed by atoms with Crippen LogP contribution in [0.3, 0.4) is 0 Å². The third-order valence-electron chi connectivity index (χ3n) is 5.92. The summed E-state index contributed by atoms with van der Waals surface area (Å²) in [5, 5.41) is 21.2. The number of rotatable bonds is 24. The molecule has 0 atom stereocenters. The largest absolute Gasteiger partial charge is 0.329 e. The number of nitrogens with one attached hydrogen (secondary N) is 6. The van der Waals surface area contributed by atoms with Crippen LogP contribution in [0.4, 0.5) is 0 Å². The van der Waals surface area contributed by atoms with Gasteiger partial charge in [0.25, 0.3) is 0 Å². The fourth-order valence-corrected chi connectivity index (χ4v) is 4.27. The van der Waals surface area contributed by atoms with Crippen LogP contribution in [-0.4, -0.2) is 78.5 Å². The zero-order valence-corrected chi connectivity index (χ0v) is 22.2. The third kappa shape index (κ3) is 11.9. The van der Waals surface area contributed by atoms with Gasteiger partial charge in [-0.25, -0.2) is 0 Å². The summed E-state index contributed by atoms with van der Waals surface area (Å²) in [4.78, 5) is 0. The molecule has 0 aliphatic carbocycles. The molecule has 36 heavy (non-hydrogen) atoms. The Morgan fingerprint density at radius 2 is 0.417 bits per heavy atom. The maximum Gasteiger partial charge on any atom is 0.0212 e. The van der Waals surface area contributed by atoms with Gasteiger partial charge >= 0.3 is 0 Å². The number of nitrogens with two attached hydrogens (primary N) is 6. The zero-order chi connectivity index (χ0) is 26.4. The van der Waals surface area contributed by atoms with Gasteiger partial charge in [-0.3, -0.25) is 0 Å². The zero-order valence-electron chi connectivity index (χ0n) is 22.2. The lowest BCUT2D eigenvalue weighted by Gasteiger charge is -2.28. The predicted molar refractivity (Wildman–Crippen MR) is 151 cm³/mol.